The van der Waals surface area contributed by atoms with Gasteiger partial charge in [0.15, 0.2) is 0 Å². The molecule has 292 valence electrons. The van der Waals surface area contributed by atoms with Crippen molar-refractivity contribution < 1.29 is 38.7 Å². The number of carbonyl (C=O) groups is 2. The van der Waals surface area contributed by atoms with Gasteiger partial charge in [-0.15, -0.1) is 24.8 Å². The number of aliphatic carboxylic acids is 2. The lowest BCUT2D eigenvalue weighted by molar-refractivity contribution is -0.147. The van der Waals surface area contributed by atoms with E-state index in [9.17, 15) is 19.8 Å². The Morgan fingerprint density at radius 1 is 0.536 bits per heavy atom. The Hall–Kier alpha value is -5.52. The van der Waals surface area contributed by atoms with Crippen molar-refractivity contribution >= 4 is 58.3 Å². The number of hydrogen-bond donors (Lipinski definition) is 4. The van der Waals surface area contributed by atoms with Crippen LogP contribution in [0.5, 0.6) is 23.0 Å². The van der Waals surface area contributed by atoms with E-state index >= 15 is 0 Å². The van der Waals surface area contributed by atoms with Crippen molar-refractivity contribution in [2.75, 3.05) is 26.3 Å². The number of fused-ring (bicyclic) bond motifs is 6. The van der Waals surface area contributed by atoms with Gasteiger partial charge in [-0.1, -0.05) is 97.1 Å². The summed E-state index contributed by atoms with van der Waals surface area (Å²) in [4.78, 5) is 26.1. The third-order valence-electron chi connectivity index (χ3n) is 9.47. The van der Waals surface area contributed by atoms with Crippen molar-refractivity contribution in [1.29, 1.82) is 0 Å². The number of nitrogens with one attached hydrogen (secondary N) is 2. The second-order valence-electron chi connectivity index (χ2n) is 13.0. The van der Waals surface area contributed by atoms with Gasteiger partial charge in [-0.25, -0.2) is 9.59 Å². The molecule has 4 N–H and O–H groups in total. The molecule has 6 aromatic carbocycles. The molecule has 0 radical (unpaired) electrons. The molecule has 1 aliphatic heterocycles. The lowest BCUT2D eigenvalue weighted by Crippen LogP contribution is -2.44. The summed E-state index contributed by atoms with van der Waals surface area (Å²) in [6.07, 6.45) is -1.67. The number of rotatable bonds is 8. The zero-order chi connectivity index (χ0) is 37.3. The molecule has 10 nitrogen and oxygen atoms in total. The number of benzene rings is 6. The molecule has 4 atom stereocenters. The van der Waals surface area contributed by atoms with E-state index in [2.05, 4.69) is 10.6 Å². The molecule has 0 aliphatic carbocycles. The summed E-state index contributed by atoms with van der Waals surface area (Å²) in [5, 5.41) is 31.9. The predicted molar refractivity (Wildman–Crippen MR) is 221 cm³/mol. The molecule has 6 aromatic rings. The molecule has 56 heavy (non-hydrogen) atoms. The highest BCUT2D eigenvalue weighted by Crippen LogP contribution is 2.38. The molecule has 0 saturated carbocycles. The van der Waals surface area contributed by atoms with Crippen molar-refractivity contribution in [2.24, 2.45) is 0 Å². The molecule has 0 unspecified atom stereocenters. The van der Waals surface area contributed by atoms with Crippen LogP contribution in [0.2, 0.25) is 0 Å². The fourth-order valence-electron chi connectivity index (χ4n) is 7.01. The Morgan fingerprint density at radius 2 is 0.929 bits per heavy atom. The molecule has 7 rings (SSSR count). The van der Waals surface area contributed by atoms with Crippen molar-refractivity contribution in [2.45, 2.75) is 37.1 Å². The SMILES string of the molecule is Cl.Cl.O=C(O)[C@@H](Oc1ccccc1)[C@@H]1NCCCN[C@@H]([C@H](Oc2ccccc2)C(=O)O)c2c(ccc3ccccc23)OCCCOc2ccc3ccccc3c21. The minimum absolute atomic E-state index is 0. The summed E-state index contributed by atoms with van der Waals surface area (Å²) in [6.45, 7) is 1.25. The highest BCUT2D eigenvalue weighted by molar-refractivity contribution is 5.90. The zero-order valence-electron chi connectivity index (χ0n) is 30.4. The summed E-state index contributed by atoms with van der Waals surface area (Å²) in [5.74, 6) is -0.329. The van der Waals surface area contributed by atoms with Crippen molar-refractivity contribution in [1.82, 2.24) is 10.6 Å². The quantitative estimate of drug-likeness (QED) is 0.119. The maximum Gasteiger partial charge on any atom is 0.346 e. The standard InChI is InChI=1S/C44H42N2O8.2ClH/c47-43(48)41(53-31-15-3-1-4-16-31)39-37-33-19-9-7-13-29(33)21-23-35(37)51-27-12-28-52-36-24-22-30-14-8-10-20-34(30)38(36)40(46-26-11-25-45-39)42(44(49)50)54-32-17-5-2-6-18-32;;/h1-10,13-24,39-42,45-46H,11-12,25-28H2,(H,47,48)(H,49,50);2*1H/t39-,40-,41+,42+;;/m1../s1. The van der Waals surface area contributed by atoms with E-state index < -0.39 is 36.2 Å². The second kappa shape index (κ2) is 19.9. The number of ether oxygens (including phenoxy) is 4. The monoisotopic (exact) mass is 798 g/mol. The third kappa shape index (κ3) is 9.64. The van der Waals surface area contributed by atoms with Gasteiger partial charge in [0.2, 0.25) is 12.2 Å². The van der Waals surface area contributed by atoms with E-state index in [1.165, 1.54) is 0 Å². The molecular weight excluding hydrogens is 755 g/mol. The van der Waals surface area contributed by atoms with Crippen LogP contribution in [0, 0.1) is 0 Å². The van der Waals surface area contributed by atoms with Gasteiger partial charge in [0, 0.05) is 17.5 Å². The van der Waals surface area contributed by atoms with Crippen LogP contribution in [0.1, 0.15) is 36.1 Å². The molecule has 0 spiro atoms. The van der Waals surface area contributed by atoms with Gasteiger partial charge < -0.3 is 39.8 Å². The first kappa shape index (κ1) is 41.6. The largest absolute Gasteiger partial charge is 0.493 e. The fraction of sp³-hybridized carbons (Fsp3) is 0.227. The number of carboxylic acid groups (broad SMARTS) is 2. The summed E-state index contributed by atoms with van der Waals surface area (Å²) in [5.41, 5.74) is 1.35. The molecule has 1 aliphatic rings. The first-order chi connectivity index (χ1) is 26.5. The number of para-hydroxylation sites is 2. The minimum Gasteiger partial charge on any atom is -0.493 e. The molecule has 0 fully saturated rings. The first-order valence-electron chi connectivity index (χ1n) is 18.1. The third-order valence-corrected chi connectivity index (χ3v) is 9.47. The van der Waals surface area contributed by atoms with Gasteiger partial charge in [0.25, 0.3) is 0 Å². The molecule has 0 bridgehead atoms. The average Bonchev–Trinajstić information content (AvgIpc) is 3.19. The van der Waals surface area contributed by atoms with Crippen LogP contribution in [-0.4, -0.2) is 60.7 Å². The number of carboxylic acids is 2. The number of halogens is 2. The highest BCUT2D eigenvalue weighted by Gasteiger charge is 2.37. The van der Waals surface area contributed by atoms with Gasteiger partial charge in [0.05, 0.1) is 25.3 Å². The van der Waals surface area contributed by atoms with E-state index in [1.807, 2.05) is 84.9 Å². The minimum atomic E-state index is -1.32. The summed E-state index contributed by atoms with van der Waals surface area (Å²) in [7, 11) is 0. The highest BCUT2D eigenvalue weighted by atomic mass is 35.5. The molecular formula is C44H44Cl2N2O8. The molecule has 0 amide bonds. The predicted octanol–water partition coefficient (Wildman–Crippen LogP) is 8.41. The van der Waals surface area contributed by atoms with Crippen LogP contribution < -0.4 is 29.6 Å². The van der Waals surface area contributed by atoms with Crippen LogP contribution in [0.25, 0.3) is 21.5 Å². The van der Waals surface area contributed by atoms with E-state index in [-0.39, 0.29) is 38.0 Å². The van der Waals surface area contributed by atoms with Gasteiger partial charge >= 0.3 is 11.9 Å². The van der Waals surface area contributed by atoms with E-state index in [0.29, 0.717) is 60.1 Å². The summed E-state index contributed by atoms with van der Waals surface area (Å²) in [6, 6.07) is 39.4. The smallest absolute Gasteiger partial charge is 0.346 e. The van der Waals surface area contributed by atoms with Gasteiger partial charge in [-0.2, -0.15) is 0 Å². The molecule has 12 heteroatoms. The van der Waals surface area contributed by atoms with E-state index in [0.717, 1.165) is 21.5 Å². The van der Waals surface area contributed by atoms with Gasteiger partial charge in [0.1, 0.15) is 23.0 Å². The van der Waals surface area contributed by atoms with Crippen molar-refractivity contribution in [3.63, 3.8) is 0 Å². The number of hydrogen-bond acceptors (Lipinski definition) is 8. The molecule has 0 saturated heterocycles. The van der Waals surface area contributed by atoms with Gasteiger partial charge in [-0.3, -0.25) is 0 Å². The first-order valence-corrected chi connectivity index (χ1v) is 18.1. The lowest BCUT2D eigenvalue weighted by atomic mass is 9.93. The van der Waals surface area contributed by atoms with Crippen LogP contribution in [0.4, 0.5) is 0 Å². The maximum atomic E-state index is 13.1. The zero-order valence-corrected chi connectivity index (χ0v) is 32.0. The van der Waals surface area contributed by atoms with Crippen LogP contribution in [-0.2, 0) is 9.59 Å². The Morgan fingerprint density at radius 3 is 1.34 bits per heavy atom. The topological polar surface area (TPSA) is 136 Å². The second-order valence-corrected chi connectivity index (χ2v) is 13.0. The summed E-state index contributed by atoms with van der Waals surface area (Å²) < 4.78 is 25.3. The van der Waals surface area contributed by atoms with Crippen LogP contribution >= 0.6 is 24.8 Å². The van der Waals surface area contributed by atoms with Crippen LogP contribution in [0.3, 0.4) is 0 Å². The fourth-order valence-corrected chi connectivity index (χ4v) is 7.01. The Kier molecular flexibility index (Phi) is 14.8. The van der Waals surface area contributed by atoms with E-state index in [4.69, 9.17) is 18.9 Å². The van der Waals surface area contributed by atoms with Crippen molar-refractivity contribution in [3.05, 3.63) is 145 Å². The van der Waals surface area contributed by atoms with Crippen molar-refractivity contribution in [3.8, 4) is 23.0 Å². The normalized spacial score (nSPS) is 17.2. The lowest BCUT2D eigenvalue weighted by Gasteiger charge is -2.30. The van der Waals surface area contributed by atoms with E-state index in [1.54, 1.807) is 48.5 Å². The Bertz CT molecular complexity index is 2050. The molecule has 1 heterocycles. The Balaban J connectivity index is 0.00000300. The summed E-state index contributed by atoms with van der Waals surface area (Å²) >= 11 is 0. The van der Waals surface area contributed by atoms with Crippen LogP contribution in [0.15, 0.2) is 133 Å². The Labute approximate surface area is 337 Å². The maximum absolute atomic E-state index is 13.1. The average molecular weight is 800 g/mol. The van der Waals surface area contributed by atoms with Gasteiger partial charge in [-0.05, 0) is 77.5 Å². The molecule has 0 aromatic heterocycles.